The normalized spacial score (nSPS) is 10.5. The largest absolute Gasteiger partial charge is 0.491 e. The van der Waals surface area contributed by atoms with Crippen molar-refractivity contribution in [1.29, 1.82) is 0 Å². The van der Waals surface area contributed by atoms with Crippen LogP contribution in [0.1, 0.15) is 22.3 Å². The van der Waals surface area contributed by atoms with Crippen molar-refractivity contribution >= 4 is 0 Å². The fraction of sp³-hybridized carbons (Fsp3) is 0.111. The zero-order valence-electron chi connectivity index (χ0n) is 34.0. The molecular weight excluding hydrogens is 769 g/mol. The maximum Gasteiger partial charge on any atom is 0.150 e. The van der Waals surface area contributed by atoms with Crippen LogP contribution in [-0.2, 0) is 9.47 Å². The van der Waals surface area contributed by atoms with Gasteiger partial charge < -0.3 is 18.9 Å². The molecular formula is C54H42N4O4. The lowest BCUT2D eigenvalue weighted by molar-refractivity contribution is 0.0273. The number of ether oxygens (including phenoxy) is 4. The Bertz CT molecular complexity index is 2600. The molecule has 0 saturated heterocycles. The van der Waals surface area contributed by atoms with E-state index in [1.807, 2.05) is 103 Å². The van der Waals surface area contributed by atoms with Gasteiger partial charge in [-0.2, -0.15) is 0 Å². The second-order valence-electron chi connectivity index (χ2n) is 13.9. The molecule has 0 aliphatic heterocycles. The molecule has 8 aromatic rings. The van der Waals surface area contributed by atoms with Gasteiger partial charge in [0.2, 0.25) is 0 Å². The van der Waals surface area contributed by atoms with E-state index in [-0.39, 0.29) is 0 Å². The highest BCUT2D eigenvalue weighted by atomic mass is 16.6. The molecule has 8 heteroatoms. The standard InChI is InChI=1S/C54H42N4O4/c1-2-49(14-8-41-4-10-43(11-5-41)45-16-24-55-25-17-45)54(50(3-1)15-9-42-6-12-44(13-7-42)46-18-26-56-27-19-46)62-37-35-60-33-32-59-34-36-61-53-39-51(47-20-28-57-29-21-47)38-52(40-53)48-22-30-58-31-23-48/h1-7,10-13,16-31,38-40H,32-37H2. The predicted molar refractivity (Wildman–Crippen MR) is 243 cm³/mol. The lowest BCUT2D eigenvalue weighted by Gasteiger charge is -2.13. The van der Waals surface area contributed by atoms with Crippen molar-refractivity contribution < 1.29 is 18.9 Å². The first-order valence-corrected chi connectivity index (χ1v) is 20.3. The predicted octanol–water partition coefficient (Wildman–Crippen LogP) is 10.2. The topological polar surface area (TPSA) is 88.5 Å². The molecule has 0 fully saturated rings. The first-order valence-electron chi connectivity index (χ1n) is 20.3. The fourth-order valence-electron chi connectivity index (χ4n) is 6.60. The Kier molecular flexibility index (Phi) is 14.1. The number of nitrogens with zero attached hydrogens (tertiary/aromatic N) is 4. The van der Waals surface area contributed by atoms with Crippen LogP contribution in [0.25, 0.3) is 44.5 Å². The summed E-state index contributed by atoms with van der Waals surface area (Å²) in [7, 11) is 0. The van der Waals surface area contributed by atoms with Crippen LogP contribution in [0, 0.1) is 23.7 Å². The summed E-state index contributed by atoms with van der Waals surface area (Å²) < 4.78 is 24.3. The van der Waals surface area contributed by atoms with Gasteiger partial charge in [0.15, 0.2) is 5.75 Å². The van der Waals surface area contributed by atoms with E-state index in [0.29, 0.717) is 45.4 Å². The van der Waals surface area contributed by atoms with Gasteiger partial charge >= 0.3 is 0 Å². The summed E-state index contributed by atoms with van der Waals surface area (Å²) >= 11 is 0. The lowest BCUT2D eigenvalue weighted by Crippen LogP contribution is -2.14. The van der Waals surface area contributed by atoms with Crippen LogP contribution in [0.3, 0.4) is 0 Å². The third-order valence-electron chi connectivity index (χ3n) is 9.77. The van der Waals surface area contributed by atoms with E-state index >= 15 is 0 Å². The summed E-state index contributed by atoms with van der Waals surface area (Å²) in [5.74, 6) is 14.7. The number of rotatable bonds is 15. The Morgan fingerprint density at radius 1 is 0.323 bits per heavy atom. The van der Waals surface area contributed by atoms with Gasteiger partial charge in [0.1, 0.15) is 19.0 Å². The van der Waals surface area contributed by atoms with Crippen molar-refractivity contribution in [2.45, 2.75) is 0 Å². The molecule has 0 bridgehead atoms. The van der Waals surface area contributed by atoms with Gasteiger partial charge in [0, 0.05) is 60.7 Å². The van der Waals surface area contributed by atoms with Crippen LogP contribution in [0.2, 0.25) is 0 Å². The van der Waals surface area contributed by atoms with E-state index in [1.54, 1.807) is 49.6 Å². The van der Waals surface area contributed by atoms with E-state index in [0.717, 1.165) is 72.5 Å². The Morgan fingerprint density at radius 3 is 1.10 bits per heavy atom. The summed E-state index contributed by atoms with van der Waals surface area (Å²) in [6, 6.07) is 44.3. The lowest BCUT2D eigenvalue weighted by atomic mass is 10.00. The number of hydrogen-bond acceptors (Lipinski definition) is 8. The third kappa shape index (κ3) is 11.4. The number of hydrogen-bond donors (Lipinski definition) is 0. The summed E-state index contributed by atoms with van der Waals surface area (Å²) in [5.41, 5.74) is 11.9. The summed E-state index contributed by atoms with van der Waals surface area (Å²) in [5, 5.41) is 0. The van der Waals surface area contributed by atoms with E-state index in [1.165, 1.54) is 0 Å². The van der Waals surface area contributed by atoms with Gasteiger partial charge in [-0.25, -0.2) is 0 Å². The van der Waals surface area contributed by atoms with Crippen LogP contribution in [-0.4, -0.2) is 59.6 Å². The molecule has 0 aliphatic rings. The van der Waals surface area contributed by atoms with Crippen LogP contribution < -0.4 is 9.47 Å². The van der Waals surface area contributed by atoms with Crippen molar-refractivity contribution in [1.82, 2.24) is 19.9 Å². The maximum absolute atomic E-state index is 6.37. The summed E-state index contributed by atoms with van der Waals surface area (Å²) in [4.78, 5) is 16.6. The molecule has 62 heavy (non-hydrogen) atoms. The molecule has 0 spiro atoms. The van der Waals surface area contributed by atoms with Crippen molar-refractivity contribution in [3.05, 3.63) is 205 Å². The van der Waals surface area contributed by atoms with Crippen molar-refractivity contribution in [3.63, 3.8) is 0 Å². The average molecular weight is 811 g/mol. The first kappa shape index (κ1) is 40.9. The number of aromatic nitrogens is 4. The molecule has 4 aromatic heterocycles. The average Bonchev–Trinajstić information content (AvgIpc) is 3.35. The molecule has 4 heterocycles. The maximum atomic E-state index is 6.37. The van der Waals surface area contributed by atoms with E-state index in [9.17, 15) is 0 Å². The smallest absolute Gasteiger partial charge is 0.150 e. The highest BCUT2D eigenvalue weighted by molar-refractivity contribution is 5.75. The van der Waals surface area contributed by atoms with E-state index < -0.39 is 0 Å². The monoisotopic (exact) mass is 810 g/mol. The molecule has 0 radical (unpaired) electrons. The minimum Gasteiger partial charge on any atom is -0.491 e. The quantitative estimate of drug-likeness (QED) is 0.0747. The summed E-state index contributed by atoms with van der Waals surface area (Å²) in [6.45, 7) is 2.31. The molecule has 0 saturated carbocycles. The van der Waals surface area contributed by atoms with Gasteiger partial charge in [0.25, 0.3) is 0 Å². The minimum atomic E-state index is 0.311. The highest BCUT2D eigenvalue weighted by Crippen LogP contribution is 2.31. The Morgan fingerprint density at radius 2 is 0.677 bits per heavy atom. The second kappa shape index (κ2) is 21.4. The van der Waals surface area contributed by atoms with Gasteiger partial charge in [-0.15, -0.1) is 0 Å². The third-order valence-corrected chi connectivity index (χ3v) is 9.77. The van der Waals surface area contributed by atoms with Crippen LogP contribution in [0.15, 0.2) is 183 Å². The summed E-state index contributed by atoms with van der Waals surface area (Å²) in [6.07, 6.45) is 14.3. The van der Waals surface area contributed by atoms with Gasteiger partial charge in [-0.05, 0) is 148 Å². The molecule has 302 valence electrons. The number of pyridine rings is 4. The molecule has 8 nitrogen and oxygen atoms in total. The van der Waals surface area contributed by atoms with Crippen LogP contribution >= 0.6 is 0 Å². The van der Waals surface area contributed by atoms with E-state index in [2.05, 4.69) is 73.9 Å². The number of para-hydroxylation sites is 1. The molecule has 0 unspecified atom stereocenters. The molecule has 8 rings (SSSR count). The van der Waals surface area contributed by atoms with Crippen LogP contribution in [0.4, 0.5) is 0 Å². The minimum absolute atomic E-state index is 0.311. The Balaban J connectivity index is 0.868. The fourth-order valence-corrected chi connectivity index (χ4v) is 6.60. The highest BCUT2D eigenvalue weighted by Gasteiger charge is 2.09. The van der Waals surface area contributed by atoms with Crippen LogP contribution in [0.5, 0.6) is 11.5 Å². The first-order chi connectivity index (χ1) is 30.7. The second-order valence-corrected chi connectivity index (χ2v) is 13.9. The van der Waals surface area contributed by atoms with Gasteiger partial charge in [-0.3, -0.25) is 19.9 Å². The number of benzene rings is 4. The van der Waals surface area contributed by atoms with Crippen molar-refractivity contribution in [3.8, 4) is 79.7 Å². The zero-order valence-corrected chi connectivity index (χ0v) is 34.0. The molecule has 0 atom stereocenters. The Labute approximate surface area is 362 Å². The Hall–Kier alpha value is -7.88. The SMILES string of the molecule is C(#Cc1cccc(C#Cc2ccc(-c3ccncc3)cc2)c1OCCOCCOCCOc1cc(-c2ccncc2)cc(-c2ccncc2)c1)c1ccc(-c2ccncc2)cc1. The molecule has 4 aromatic carbocycles. The molecule has 0 N–H and O–H groups in total. The van der Waals surface area contributed by atoms with Crippen molar-refractivity contribution in [2.24, 2.45) is 0 Å². The van der Waals surface area contributed by atoms with Gasteiger partial charge in [0.05, 0.1) is 37.6 Å². The zero-order chi connectivity index (χ0) is 42.0. The van der Waals surface area contributed by atoms with Gasteiger partial charge in [-0.1, -0.05) is 54.0 Å². The molecule has 0 amide bonds. The molecule has 0 aliphatic carbocycles. The van der Waals surface area contributed by atoms with Crippen molar-refractivity contribution in [2.75, 3.05) is 39.6 Å². The van der Waals surface area contributed by atoms with E-state index in [4.69, 9.17) is 18.9 Å².